The quantitative estimate of drug-likeness (QED) is 0.485. The van der Waals surface area contributed by atoms with E-state index in [0.717, 1.165) is 4.82 Å². The summed E-state index contributed by atoms with van der Waals surface area (Å²) in [7, 11) is -1.01. The van der Waals surface area contributed by atoms with Crippen molar-refractivity contribution in [1.29, 1.82) is 0 Å². The molecular formula is C18H24SSeSi. The second-order valence-corrected chi connectivity index (χ2v) is 15.9. The summed E-state index contributed by atoms with van der Waals surface area (Å²) in [4.78, 5) is 2.25. The molecule has 0 nitrogen and oxygen atoms in total. The van der Waals surface area contributed by atoms with E-state index in [9.17, 15) is 0 Å². The molecule has 0 N–H and O–H groups in total. The molecule has 2 aromatic rings. The van der Waals surface area contributed by atoms with Gasteiger partial charge in [-0.1, -0.05) is 0 Å². The van der Waals surface area contributed by atoms with E-state index < -0.39 is 8.07 Å². The maximum atomic E-state index is 2.49. The molecule has 112 valence electrons. The summed E-state index contributed by atoms with van der Waals surface area (Å²) in [5.74, 6) is 1.25. The Hall–Kier alpha value is -0.474. The van der Waals surface area contributed by atoms with Crippen LogP contribution >= 0.6 is 11.8 Å². The Balaban J connectivity index is 1.98. The van der Waals surface area contributed by atoms with Crippen LogP contribution in [0.2, 0.25) is 30.5 Å². The van der Waals surface area contributed by atoms with Crippen LogP contribution in [0, 0.1) is 0 Å². The molecule has 0 heterocycles. The van der Waals surface area contributed by atoms with Gasteiger partial charge in [0.15, 0.2) is 0 Å². The molecule has 0 fully saturated rings. The third-order valence-electron chi connectivity index (χ3n) is 3.07. The normalized spacial score (nSPS) is 13.1. The fraction of sp³-hybridized carbons (Fsp3) is 0.333. The van der Waals surface area contributed by atoms with Gasteiger partial charge in [-0.2, -0.15) is 0 Å². The van der Waals surface area contributed by atoms with Gasteiger partial charge in [-0.15, -0.1) is 0 Å². The van der Waals surface area contributed by atoms with Gasteiger partial charge in [0.1, 0.15) is 0 Å². The first-order chi connectivity index (χ1) is 10.0. The Morgan fingerprint density at radius 1 is 0.905 bits per heavy atom. The predicted octanol–water partition coefficient (Wildman–Crippen LogP) is 4.94. The molecule has 0 aromatic heterocycles. The summed E-state index contributed by atoms with van der Waals surface area (Å²) < 4.78 is 1.54. The van der Waals surface area contributed by atoms with Crippen LogP contribution in [0.4, 0.5) is 0 Å². The number of thioether (sulfide) groups is 1. The van der Waals surface area contributed by atoms with E-state index in [1.54, 1.807) is 4.46 Å². The van der Waals surface area contributed by atoms with Gasteiger partial charge in [0.2, 0.25) is 0 Å². The topological polar surface area (TPSA) is 0 Å². The monoisotopic (exact) mass is 380 g/mol. The van der Waals surface area contributed by atoms with Gasteiger partial charge in [-0.25, -0.2) is 0 Å². The zero-order valence-corrected chi connectivity index (χ0v) is 16.6. The van der Waals surface area contributed by atoms with Crippen LogP contribution in [0.3, 0.4) is 0 Å². The summed E-state index contributed by atoms with van der Waals surface area (Å²) in [6.07, 6.45) is 0. The Labute approximate surface area is 140 Å². The van der Waals surface area contributed by atoms with Crippen LogP contribution in [0.25, 0.3) is 0 Å². The third kappa shape index (κ3) is 6.88. The van der Waals surface area contributed by atoms with Gasteiger partial charge in [-0.3, -0.25) is 0 Å². The first kappa shape index (κ1) is 16.9. The molecule has 0 saturated heterocycles. The summed E-state index contributed by atoms with van der Waals surface area (Å²) in [5, 5.41) is 0. The molecule has 2 rings (SSSR count). The molecule has 0 amide bonds. The van der Waals surface area contributed by atoms with Crippen LogP contribution in [0.5, 0.6) is 0 Å². The molecule has 0 bridgehead atoms. The van der Waals surface area contributed by atoms with Crippen LogP contribution in [0.1, 0.15) is 0 Å². The summed E-state index contributed by atoms with van der Waals surface area (Å²) >= 11 is 2.61. The SMILES string of the molecule is C[Si](C)(C)CC(CSc1ccccc1)[Se]c1ccccc1. The third-order valence-corrected chi connectivity index (χ3v) is 9.64. The molecule has 0 aliphatic carbocycles. The Bertz CT molecular complexity index is 522. The first-order valence-electron chi connectivity index (χ1n) is 7.42. The van der Waals surface area contributed by atoms with Crippen LogP contribution < -0.4 is 4.46 Å². The van der Waals surface area contributed by atoms with Gasteiger partial charge in [0, 0.05) is 0 Å². The summed E-state index contributed by atoms with van der Waals surface area (Å²) in [6.45, 7) is 7.48. The van der Waals surface area contributed by atoms with Crippen LogP contribution in [-0.2, 0) is 0 Å². The van der Waals surface area contributed by atoms with E-state index in [4.69, 9.17) is 0 Å². The first-order valence-corrected chi connectivity index (χ1v) is 14.0. The van der Waals surface area contributed by atoms with Crippen LogP contribution in [0.15, 0.2) is 65.6 Å². The van der Waals surface area contributed by atoms with Crippen molar-refractivity contribution in [3.8, 4) is 0 Å². The molecule has 21 heavy (non-hydrogen) atoms. The van der Waals surface area contributed by atoms with Gasteiger partial charge >= 0.3 is 141 Å². The second kappa shape index (κ2) is 8.24. The minimum atomic E-state index is -1.01. The molecule has 0 spiro atoms. The number of rotatable bonds is 7. The van der Waals surface area contributed by atoms with Crippen molar-refractivity contribution in [3.63, 3.8) is 0 Å². The molecule has 2 aromatic carbocycles. The van der Waals surface area contributed by atoms with Crippen molar-refractivity contribution in [2.24, 2.45) is 0 Å². The fourth-order valence-corrected chi connectivity index (χ4v) is 10.9. The molecule has 0 radical (unpaired) electrons. The molecule has 0 saturated carbocycles. The average molecular weight is 380 g/mol. The van der Waals surface area contributed by atoms with Crippen molar-refractivity contribution >= 4 is 39.3 Å². The second-order valence-electron chi connectivity index (χ2n) is 6.44. The van der Waals surface area contributed by atoms with Gasteiger partial charge in [-0.05, 0) is 0 Å². The zero-order chi connectivity index (χ0) is 15.1. The van der Waals surface area contributed by atoms with E-state index in [0.29, 0.717) is 15.0 Å². The Morgan fingerprint density at radius 3 is 2.05 bits per heavy atom. The molecule has 1 atom stereocenters. The van der Waals surface area contributed by atoms with Crippen LogP contribution in [-0.4, -0.2) is 28.8 Å². The number of benzene rings is 2. The Kier molecular flexibility index (Phi) is 6.62. The molecular weight excluding hydrogens is 355 g/mol. The van der Waals surface area contributed by atoms with Crippen molar-refractivity contribution in [2.75, 3.05) is 5.75 Å². The van der Waals surface area contributed by atoms with Gasteiger partial charge in [0.05, 0.1) is 0 Å². The predicted molar refractivity (Wildman–Crippen MR) is 101 cm³/mol. The molecule has 0 aliphatic rings. The van der Waals surface area contributed by atoms with E-state index in [2.05, 4.69) is 80.3 Å². The van der Waals surface area contributed by atoms with Gasteiger partial charge in [0.25, 0.3) is 0 Å². The Morgan fingerprint density at radius 2 is 1.48 bits per heavy atom. The summed E-state index contributed by atoms with van der Waals surface area (Å²) in [6, 6.07) is 23.3. The van der Waals surface area contributed by atoms with Crippen molar-refractivity contribution in [2.45, 2.75) is 35.4 Å². The number of hydrogen-bond acceptors (Lipinski definition) is 1. The standard InChI is InChI=1S/C18H24SSeSi/c1-21(2,3)15-18(20-17-12-8-5-9-13-17)14-19-16-10-6-4-7-11-16/h4-13,18H,14-15H2,1-3H3. The van der Waals surface area contributed by atoms with E-state index in [1.807, 2.05) is 11.8 Å². The summed E-state index contributed by atoms with van der Waals surface area (Å²) in [5.41, 5.74) is 0. The molecule has 0 aliphatic heterocycles. The molecule has 3 heteroatoms. The van der Waals surface area contributed by atoms with E-state index in [1.165, 1.54) is 16.7 Å². The average Bonchev–Trinajstić information content (AvgIpc) is 2.45. The molecule has 1 unspecified atom stereocenters. The van der Waals surface area contributed by atoms with E-state index in [-0.39, 0.29) is 0 Å². The minimum absolute atomic E-state index is 0.587. The number of hydrogen-bond donors (Lipinski definition) is 0. The van der Waals surface area contributed by atoms with E-state index >= 15 is 0 Å². The maximum absolute atomic E-state index is 2.49. The van der Waals surface area contributed by atoms with Gasteiger partial charge < -0.3 is 0 Å². The van der Waals surface area contributed by atoms with Crippen molar-refractivity contribution < 1.29 is 0 Å². The van der Waals surface area contributed by atoms with Crippen molar-refractivity contribution in [1.82, 2.24) is 0 Å². The van der Waals surface area contributed by atoms with Crippen molar-refractivity contribution in [3.05, 3.63) is 60.7 Å². The fourth-order valence-electron chi connectivity index (χ4n) is 2.22. The zero-order valence-electron chi connectivity index (χ0n) is 13.1.